The Morgan fingerprint density at radius 1 is 1.69 bits per heavy atom. The maximum atomic E-state index is 11.7. The fraction of sp³-hybridized carbons (Fsp3) is 0.545. The predicted molar refractivity (Wildman–Crippen MR) is 58.2 cm³/mol. The molecule has 2 rings (SSSR count). The van der Waals surface area contributed by atoms with Gasteiger partial charge in [0.2, 0.25) is 0 Å². The number of carbonyl (C=O) groups excluding carboxylic acids is 1. The van der Waals surface area contributed by atoms with Crippen LogP contribution in [0, 0.1) is 0 Å². The molecule has 0 aliphatic carbocycles. The number of ether oxygens (including phenoxy) is 1. The van der Waals surface area contributed by atoms with Gasteiger partial charge in [-0.2, -0.15) is 0 Å². The summed E-state index contributed by atoms with van der Waals surface area (Å²) in [6, 6.07) is 3.64. The zero-order valence-corrected chi connectivity index (χ0v) is 9.29. The predicted octanol–water partition coefficient (Wildman–Crippen LogP) is 0.518. The summed E-state index contributed by atoms with van der Waals surface area (Å²) in [4.78, 5) is 11.7. The molecule has 1 amide bonds. The molecule has 0 saturated carbocycles. The molecule has 1 saturated heterocycles. The van der Waals surface area contributed by atoms with Crippen LogP contribution in [-0.4, -0.2) is 32.1 Å². The van der Waals surface area contributed by atoms with Gasteiger partial charge in [-0.3, -0.25) is 4.79 Å². The quantitative estimate of drug-likeness (QED) is 0.782. The minimum atomic E-state index is -0.156. The maximum Gasteiger partial charge on any atom is 0.287 e. The van der Waals surface area contributed by atoms with Crippen molar-refractivity contribution in [3.05, 3.63) is 23.7 Å². The molecular formula is C11H16N2O3. The van der Waals surface area contributed by atoms with E-state index in [9.17, 15) is 4.79 Å². The first-order valence-electron chi connectivity index (χ1n) is 5.39. The topological polar surface area (TPSA) is 63.5 Å². The Hall–Kier alpha value is -1.33. The number of furan rings is 1. The summed E-state index contributed by atoms with van der Waals surface area (Å²) in [6.07, 6.45) is 0.970. The van der Waals surface area contributed by atoms with Gasteiger partial charge >= 0.3 is 0 Å². The Bertz CT molecular complexity index is 356. The van der Waals surface area contributed by atoms with E-state index in [1.807, 2.05) is 0 Å². The highest BCUT2D eigenvalue weighted by atomic mass is 16.5. The third-order valence-corrected chi connectivity index (χ3v) is 2.57. The average Bonchev–Trinajstić information content (AvgIpc) is 2.89. The van der Waals surface area contributed by atoms with Crippen molar-refractivity contribution in [1.29, 1.82) is 0 Å². The van der Waals surface area contributed by atoms with Crippen molar-refractivity contribution in [2.75, 3.05) is 20.2 Å². The third-order valence-electron chi connectivity index (χ3n) is 2.57. The molecule has 88 valence electrons. The number of hydrogen-bond acceptors (Lipinski definition) is 4. The van der Waals surface area contributed by atoms with E-state index in [1.165, 1.54) is 0 Å². The first-order chi connectivity index (χ1) is 7.79. The fourth-order valence-corrected chi connectivity index (χ4v) is 1.75. The molecule has 2 heterocycles. The monoisotopic (exact) mass is 224 g/mol. The lowest BCUT2D eigenvalue weighted by Gasteiger charge is -2.09. The summed E-state index contributed by atoms with van der Waals surface area (Å²) in [5.74, 6) is 0.854. The molecule has 2 N–H and O–H groups in total. The second-order valence-corrected chi connectivity index (χ2v) is 3.86. The van der Waals surface area contributed by atoms with Gasteiger partial charge in [0.25, 0.3) is 5.91 Å². The number of carbonyl (C=O) groups is 1. The summed E-state index contributed by atoms with van der Waals surface area (Å²) in [5.41, 5.74) is 0. The van der Waals surface area contributed by atoms with E-state index in [0.717, 1.165) is 19.5 Å². The molecule has 5 nitrogen and oxygen atoms in total. The number of methoxy groups -OCH3 is 1. The zero-order chi connectivity index (χ0) is 11.4. The van der Waals surface area contributed by atoms with Crippen molar-refractivity contribution in [3.8, 4) is 0 Å². The Balaban J connectivity index is 1.91. The lowest BCUT2D eigenvalue weighted by molar-refractivity contribution is 0.0903. The molecule has 0 radical (unpaired) electrons. The van der Waals surface area contributed by atoms with E-state index >= 15 is 0 Å². The Morgan fingerprint density at radius 2 is 2.56 bits per heavy atom. The van der Waals surface area contributed by atoms with E-state index in [0.29, 0.717) is 18.1 Å². The SMILES string of the molecule is COCc1ccc(C(=O)NC2CCNC2)o1. The summed E-state index contributed by atoms with van der Waals surface area (Å²) in [5, 5.41) is 6.10. The largest absolute Gasteiger partial charge is 0.453 e. The first kappa shape index (κ1) is 11.2. The van der Waals surface area contributed by atoms with Crippen LogP contribution in [-0.2, 0) is 11.3 Å². The van der Waals surface area contributed by atoms with Gasteiger partial charge in [0.15, 0.2) is 5.76 Å². The number of nitrogens with one attached hydrogen (secondary N) is 2. The van der Waals surface area contributed by atoms with Gasteiger partial charge in [-0.25, -0.2) is 0 Å². The molecule has 1 aliphatic heterocycles. The lowest BCUT2D eigenvalue weighted by atomic mass is 10.2. The highest BCUT2D eigenvalue weighted by Crippen LogP contribution is 2.09. The van der Waals surface area contributed by atoms with E-state index in [2.05, 4.69) is 10.6 Å². The second-order valence-electron chi connectivity index (χ2n) is 3.86. The number of hydrogen-bond donors (Lipinski definition) is 2. The van der Waals surface area contributed by atoms with Gasteiger partial charge in [0.1, 0.15) is 12.4 Å². The summed E-state index contributed by atoms with van der Waals surface area (Å²) < 4.78 is 10.3. The standard InChI is InChI=1S/C11H16N2O3/c1-15-7-9-2-3-10(16-9)11(14)13-8-4-5-12-6-8/h2-3,8,12H,4-7H2,1H3,(H,13,14). The smallest absolute Gasteiger partial charge is 0.287 e. The summed E-state index contributed by atoms with van der Waals surface area (Å²) in [7, 11) is 1.59. The molecule has 5 heteroatoms. The van der Waals surface area contributed by atoms with E-state index < -0.39 is 0 Å². The van der Waals surface area contributed by atoms with Crippen LogP contribution < -0.4 is 10.6 Å². The summed E-state index contributed by atoms with van der Waals surface area (Å²) in [6.45, 7) is 2.17. The molecule has 1 aromatic rings. The first-order valence-corrected chi connectivity index (χ1v) is 5.39. The number of amides is 1. The van der Waals surface area contributed by atoms with Crippen LogP contribution in [0.1, 0.15) is 22.7 Å². The molecule has 1 atom stereocenters. The van der Waals surface area contributed by atoms with Crippen molar-refractivity contribution < 1.29 is 13.9 Å². The Labute approximate surface area is 94.1 Å². The molecule has 1 aliphatic rings. The minimum Gasteiger partial charge on any atom is -0.453 e. The Kier molecular flexibility index (Phi) is 3.58. The third kappa shape index (κ3) is 2.62. The van der Waals surface area contributed by atoms with Crippen LogP contribution in [0.3, 0.4) is 0 Å². The van der Waals surface area contributed by atoms with E-state index in [-0.39, 0.29) is 11.9 Å². The van der Waals surface area contributed by atoms with Crippen LogP contribution in [0.4, 0.5) is 0 Å². The zero-order valence-electron chi connectivity index (χ0n) is 9.29. The molecule has 0 aromatic carbocycles. The molecule has 1 unspecified atom stereocenters. The number of rotatable bonds is 4. The van der Waals surface area contributed by atoms with E-state index in [4.69, 9.17) is 9.15 Å². The molecule has 16 heavy (non-hydrogen) atoms. The van der Waals surface area contributed by atoms with Crippen LogP contribution >= 0.6 is 0 Å². The molecule has 1 fully saturated rings. The van der Waals surface area contributed by atoms with Crippen LogP contribution in [0.25, 0.3) is 0 Å². The molecule has 0 spiro atoms. The molecule has 1 aromatic heterocycles. The average molecular weight is 224 g/mol. The lowest BCUT2D eigenvalue weighted by Crippen LogP contribution is -2.35. The van der Waals surface area contributed by atoms with Gasteiger partial charge in [-0.15, -0.1) is 0 Å². The van der Waals surface area contributed by atoms with E-state index in [1.54, 1.807) is 19.2 Å². The van der Waals surface area contributed by atoms with Crippen molar-refractivity contribution in [2.45, 2.75) is 19.1 Å². The van der Waals surface area contributed by atoms with Gasteiger partial charge in [0.05, 0.1) is 0 Å². The maximum absolute atomic E-state index is 11.7. The highest BCUT2D eigenvalue weighted by molar-refractivity contribution is 5.91. The van der Waals surface area contributed by atoms with Gasteiger partial charge in [-0.1, -0.05) is 0 Å². The highest BCUT2D eigenvalue weighted by Gasteiger charge is 2.19. The van der Waals surface area contributed by atoms with Crippen molar-refractivity contribution in [2.24, 2.45) is 0 Å². The van der Waals surface area contributed by atoms with Gasteiger partial charge < -0.3 is 19.8 Å². The Morgan fingerprint density at radius 3 is 3.25 bits per heavy atom. The van der Waals surface area contributed by atoms with Crippen molar-refractivity contribution in [1.82, 2.24) is 10.6 Å². The van der Waals surface area contributed by atoms with Gasteiger partial charge in [0, 0.05) is 19.7 Å². The van der Waals surface area contributed by atoms with Crippen molar-refractivity contribution >= 4 is 5.91 Å². The minimum absolute atomic E-state index is 0.156. The molecule has 0 bridgehead atoms. The van der Waals surface area contributed by atoms with Crippen molar-refractivity contribution in [3.63, 3.8) is 0 Å². The van der Waals surface area contributed by atoms with Crippen LogP contribution in [0.15, 0.2) is 16.5 Å². The van der Waals surface area contributed by atoms with Crippen LogP contribution in [0.2, 0.25) is 0 Å². The summed E-state index contributed by atoms with van der Waals surface area (Å²) >= 11 is 0. The fourth-order valence-electron chi connectivity index (χ4n) is 1.75. The molecular weight excluding hydrogens is 208 g/mol. The van der Waals surface area contributed by atoms with Gasteiger partial charge in [-0.05, 0) is 25.1 Å². The normalized spacial score (nSPS) is 19.9. The van der Waals surface area contributed by atoms with Crippen LogP contribution in [0.5, 0.6) is 0 Å². The second kappa shape index (κ2) is 5.14.